The number of amides is 2. The van der Waals surface area contributed by atoms with Crippen LogP contribution in [0.5, 0.6) is 0 Å². The first kappa shape index (κ1) is 26.9. The fourth-order valence-corrected chi connectivity index (χ4v) is 5.24. The number of aromatic nitrogens is 2. The molecule has 1 aromatic carbocycles. The minimum Gasteiger partial charge on any atom is -0.366 e. The lowest BCUT2D eigenvalue weighted by Crippen LogP contribution is -2.44. The van der Waals surface area contributed by atoms with Gasteiger partial charge in [-0.05, 0) is 90.9 Å². The molecule has 1 aliphatic carbocycles. The van der Waals surface area contributed by atoms with Gasteiger partial charge in [0.25, 0.3) is 5.91 Å². The van der Waals surface area contributed by atoms with E-state index in [0.717, 1.165) is 62.3 Å². The fraction of sp³-hybridized carbons (Fsp3) is 0.571. The number of anilines is 3. The van der Waals surface area contributed by atoms with Crippen molar-refractivity contribution in [3.05, 3.63) is 41.6 Å². The highest BCUT2D eigenvalue weighted by atomic mass is 16.2. The number of piperidine rings is 1. The molecule has 1 saturated heterocycles. The lowest BCUT2D eigenvalue weighted by Gasteiger charge is -2.35. The molecule has 0 spiro atoms. The average Bonchev–Trinajstić information content (AvgIpc) is 3.34. The van der Waals surface area contributed by atoms with Crippen LogP contribution in [0.3, 0.4) is 0 Å². The van der Waals surface area contributed by atoms with Crippen LogP contribution < -0.4 is 16.0 Å². The molecule has 9 nitrogen and oxygen atoms in total. The molecular formula is C28H41N7O2. The number of aryl methyl sites for hydroxylation is 1. The van der Waals surface area contributed by atoms with Gasteiger partial charge in [0, 0.05) is 48.2 Å². The van der Waals surface area contributed by atoms with Crippen LogP contribution in [-0.4, -0.2) is 76.9 Å². The third-order valence-corrected chi connectivity index (χ3v) is 7.52. The molecule has 2 amide bonds. The molecule has 2 heterocycles. The van der Waals surface area contributed by atoms with Crippen LogP contribution in [0.25, 0.3) is 0 Å². The molecule has 1 aromatic heterocycles. The summed E-state index contributed by atoms with van der Waals surface area (Å²) >= 11 is 0. The SMILES string of the molecule is Cc1cnc(Nc2ccc(C(=O)N(C)C3CCN(C)CC3)cc2)nc1NC1CCCC1C(=O)NC(C)C. The molecule has 0 radical (unpaired) electrons. The Bertz CT molecular complexity index is 1080. The molecule has 37 heavy (non-hydrogen) atoms. The maximum atomic E-state index is 13.0. The highest BCUT2D eigenvalue weighted by Crippen LogP contribution is 2.30. The van der Waals surface area contributed by atoms with E-state index in [4.69, 9.17) is 4.98 Å². The summed E-state index contributed by atoms with van der Waals surface area (Å²) in [6.07, 6.45) is 6.62. The van der Waals surface area contributed by atoms with Crippen molar-refractivity contribution in [2.75, 3.05) is 37.8 Å². The van der Waals surface area contributed by atoms with E-state index >= 15 is 0 Å². The first-order valence-corrected chi connectivity index (χ1v) is 13.4. The maximum absolute atomic E-state index is 13.0. The van der Waals surface area contributed by atoms with Crippen molar-refractivity contribution in [1.82, 2.24) is 25.1 Å². The van der Waals surface area contributed by atoms with Crippen LogP contribution in [0.1, 0.15) is 61.9 Å². The lowest BCUT2D eigenvalue weighted by atomic mass is 10.0. The van der Waals surface area contributed by atoms with Gasteiger partial charge in [-0.3, -0.25) is 9.59 Å². The van der Waals surface area contributed by atoms with Gasteiger partial charge in [0.1, 0.15) is 5.82 Å². The lowest BCUT2D eigenvalue weighted by molar-refractivity contribution is -0.125. The number of hydrogen-bond acceptors (Lipinski definition) is 7. The van der Waals surface area contributed by atoms with Gasteiger partial charge in [-0.15, -0.1) is 0 Å². The quantitative estimate of drug-likeness (QED) is 0.499. The Labute approximate surface area is 220 Å². The largest absolute Gasteiger partial charge is 0.366 e. The monoisotopic (exact) mass is 507 g/mol. The van der Waals surface area contributed by atoms with Crippen molar-refractivity contribution in [2.24, 2.45) is 5.92 Å². The summed E-state index contributed by atoms with van der Waals surface area (Å²) in [6, 6.07) is 7.92. The van der Waals surface area contributed by atoms with E-state index in [0.29, 0.717) is 11.5 Å². The van der Waals surface area contributed by atoms with E-state index in [1.54, 1.807) is 6.20 Å². The summed E-state index contributed by atoms with van der Waals surface area (Å²) in [4.78, 5) is 39.0. The zero-order valence-corrected chi connectivity index (χ0v) is 22.8. The minimum atomic E-state index is -0.0640. The summed E-state index contributed by atoms with van der Waals surface area (Å²) in [5.74, 6) is 1.29. The molecule has 9 heteroatoms. The van der Waals surface area contributed by atoms with E-state index in [1.165, 1.54) is 0 Å². The second kappa shape index (κ2) is 11.9. The van der Waals surface area contributed by atoms with Gasteiger partial charge >= 0.3 is 0 Å². The molecule has 3 N–H and O–H groups in total. The predicted octanol–water partition coefficient (Wildman–Crippen LogP) is 3.80. The van der Waals surface area contributed by atoms with Crippen LogP contribution in [0.2, 0.25) is 0 Å². The van der Waals surface area contributed by atoms with Gasteiger partial charge in [-0.1, -0.05) is 6.42 Å². The Hall–Kier alpha value is -3.20. The smallest absolute Gasteiger partial charge is 0.253 e. The minimum absolute atomic E-state index is 0.0480. The molecule has 0 bridgehead atoms. The maximum Gasteiger partial charge on any atom is 0.253 e. The zero-order valence-electron chi connectivity index (χ0n) is 22.8. The number of nitrogens with one attached hydrogen (secondary N) is 3. The van der Waals surface area contributed by atoms with Gasteiger partial charge in [0.05, 0.1) is 5.92 Å². The van der Waals surface area contributed by atoms with Crippen molar-refractivity contribution in [1.29, 1.82) is 0 Å². The van der Waals surface area contributed by atoms with Crippen molar-refractivity contribution in [3.8, 4) is 0 Å². The van der Waals surface area contributed by atoms with Gasteiger partial charge < -0.3 is 25.8 Å². The van der Waals surface area contributed by atoms with E-state index in [2.05, 4.69) is 32.9 Å². The Morgan fingerprint density at radius 3 is 2.46 bits per heavy atom. The third-order valence-electron chi connectivity index (χ3n) is 7.52. The third kappa shape index (κ3) is 6.77. The van der Waals surface area contributed by atoms with Crippen LogP contribution in [0, 0.1) is 12.8 Å². The van der Waals surface area contributed by atoms with Crippen molar-refractivity contribution >= 4 is 29.3 Å². The van der Waals surface area contributed by atoms with Crippen molar-refractivity contribution in [2.45, 2.75) is 71.0 Å². The number of rotatable bonds is 8. The number of carbonyl (C=O) groups is 2. The first-order chi connectivity index (χ1) is 17.7. The van der Waals surface area contributed by atoms with Crippen LogP contribution in [-0.2, 0) is 4.79 Å². The molecular weight excluding hydrogens is 466 g/mol. The van der Waals surface area contributed by atoms with E-state index in [-0.39, 0.29) is 35.9 Å². The molecule has 200 valence electrons. The Morgan fingerprint density at radius 2 is 1.78 bits per heavy atom. The molecule has 4 rings (SSSR count). The summed E-state index contributed by atoms with van der Waals surface area (Å²) in [5, 5.41) is 9.80. The molecule has 2 aliphatic rings. The van der Waals surface area contributed by atoms with Crippen LogP contribution in [0.15, 0.2) is 30.5 Å². The number of likely N-dealkylation sites (tertiary alicyclic amines) is 1. The highest BCUT2D eigenvalue weighted by molar-refractivity contribution is 5.94. The predicted molar refractivity (Wildman–Crippen MR) is 147 cm³/mol. The summed E-state index contributed by atoms with van der Waals surface area (Å²) < 4.78 is 0. The fourth-order valence-electron chi connectivity index (χ4n) is 5.24. The Kier molecular flexibility index (Phi) is 8.63. The molecule has 2 atom stereocenters. The topological polar surface area (TPSA) is 102 Å². The van der Waals surface area contributed by atoms with E-state index < -0.39 is 0 Å². The van der Waals surface area contributed by atoms with Crippen LogP contribution >= 0.6 is 0 Å². The molecule has 1 aliphatic heterocycles. The first-order valence-electron chi connectivity index (χ1n) is 13.4. The van der Waals surface area contributed by atoms with Gasteiger partial charge in [-0.25, -0.2) is 4.98 Å². The number of benzene rings is 1. The summed E-state index contributed by atoms with van der Waals surface area (Å²) in [5.41, 5.74) is 2.41. The van der Waals surface area contributed by atoms with E-state index in [9.17, 15) is 9.59 Å². The van der Waals surface area contributed by atoms with Gasteiger partial charge in [0.2, 0.25) is 11.9 Å². The Morgan fingerprint density at radius 1 is 1.08 bits per heavy atom. The summed E-state index contributed by atoms with van der Waals surface area (Å²) in [7, 11) is 4.03. The summed E-state index contributed by atoms with van der Waals surface area (Å²) in [6.45, 7) is 7.97. The second-order valence-electron chi connectivity index (χ2n) is 10.8. The zero-order chi connectivity index (χ0) is 26.5. The number of carbonyl (C=O) groups excluding carboxylic acids is 2. The molecule has 2 fully saturated rings. The van der Waals surface area contributed by atoms with Crippen LogP contribution in [0.4, 0.5) is 17.5 Å². The molecule has 2 aromatic rings. The van der Waals surface area contributed by atoms with Crippen molar-refractivity contribution < 1.29 is 9.59 Å². The normalized spacial score (nSPS) is 20.6. The molecule has 1 saturated carbocycles. The Balaban J connectivity index is 1.39. The average molecular weight is 508 g/mol. The number of hydrogen-bond donors (Lipinski definition) is 3. The second-order valence-corrected chi connectivity index (χ2v) is 10.8. The van der Waals surface area contributed by atoms with Gasteiger partial charge in [-0.2, -0.15) is 4.98 Å². The standard InChI is InChI=1S/C28H41N7O2/c1-18(2)30-26(36)23-7-6-8-24(23)32-25-19(3)17-29-28(33-25)31-21-11-9-20(10-12-21)27(37)35(5)22-13-15-34(4)16-14-22/h9-12,17-18,22-24H,6-8,13-16H2,1-5H3,(H,30,36)(H2,29,31,32,33). The van der Waals surface area contributed by atoms with E-state index in [1.807, 2.05) is 57.0 Å². The molecule has 2 unspecified atom stereocenters. The van der Waals surface area contributed by atoms with Gasteiger partial charge in [0.15, 0.2) is 0 Å². The van der Waals surface area contributed by atoms with Crippen molar-refractivity contribution in [3.63, 3.8) is 0 Å². The highest BCUT2D eigenvalue weighted by Gasteiger charge is 2.33. The number of nitrogens with zero attached hydrogens (tertiary/aromatic N) is 4.